The van der Waals surface area contributed by atoms with Crippen LogP contribution in [0.3, 0.4) is 0 Å². The minimum atomic E-state index is -0.734. The molecule has 6 heteroatoms. The summed E-state index contributed by atoms with van der Waals surface area (Å²) < 4.78 is 19.4. The van der Waals surface area contributed by atoms with Crippen molar-refractivity contribution in [3.05, 3.63) is 100 Å². The Morgan fingerprint density at radius 3 is 2.58 bits per heavy atom. The number of hydrogen-bond acceptors (Lipinski definition) is 3. The molecule has 1 aliphatic carbocycles. The van der Waals surface area contributed by atoms with Crippen LogP contribution in [0.4, 0.5) is 4.39 Å². The molecule has 0 bridgehead atoms. The molecule has 1 heterocycles. The molecule has 5 nitrogen and oxygen atoms in total. The molecule has 0 spiro atoms. The van der Waals surface area contributed by atoms with Gasteiger partial charge in [-0.1, -0.05) is 48.0 Å². The van der Waals surface area contributed by atoms with E-state index in [0.29, 0.717) is 17.9 Å². The minimum absolute atomic E-state index is 0.140. The van der Waals surface area contributed by atoms with Crippen LogP contribution in [0, 0.1) is 18.7 Å². The maximum atomic E-state index is 13.4. The first kappa shape index (κ1) is 24.0. The maximum Gasteiger partial charge on any atom is 0.261 e. The summed E-state index contributed by atoms with van der Waals surface area (Å²) in [5.74, 6) is 0.332. The molecule has 3 aromatic rings. The Morgan fingerprint density at radius 2 is 1.86 bits per heavy atom. The van der Waals surface area contributed by atoms with E-state index in [0.717, 1.165) is 30.4 Å². The Morgan fingerprint density at radius 1 is 1.08 bits per heavy atom. The van der Waals surface area contributed by atoms with E-state index in [9.17, 15) is 14.0 Å². The zero-order valence-corrected chi connectivity index (χ0v) is 20.7. The number of nitrogens with zero attached hydrogens (tertiary/aromatic N) is 1. The van der Waals surface area contributed by atoms with E-state index in [-0.39, 0.29) is 36.1 Å². The van der Waals surface area contributed by atoms with Crippen LogP contribution in [-0.2, 0) is 22.6 Å². The Kier molecular flexibility index (Phi) is 6.77. The molecule has 1 aliphatic heterocycles. The van der Waals surface area contributed by atoms with Gasteiger partial charge >= 0.3 is 0 Å². The maximum absolute atomic E-state index is 13.4. The van der Waals surface area contributed by atoms with Crippen molar-refractivity contribution in [1.82, 2.24) is 10.2 Å². The van der Waals surface area contributed by atoms with Crippen molar-refractivity contribution in [3.63, 3.8) is 0 Å². The fourth-order valence-corrected chi connectivity index (χ4v) is 4.81. The highest BCUT2D eigenvalue weighted by atomic mass is 19.1. The van der Waals surface area contributed by atoms with Gasteiger partial charge in [-0.3, -0.25) is 9.59 Å². The minimum Gasteiger partial charge on any atom is -0.481 e. The van der Waals surface area contributed by atoms with Crippen LogP contribution in [0.15, 0.2) is 66.7 Å². The van der Waals surface area contributed by atoms with E-state index in [4.69, 9.17) is 4.74 Å². The second kappa shape index (κ2) is 10.1. The SMILES string of the molecule is Cc1ccc([C@@H]2c3cc(O[C@@H](C)C(=O)NCc4cccc(F)c4)ccc3CCN2C(=O)C2CC2)cc1. The van der Waals surface area contributed by atoms with Crippen molar-refractivity contribution >= 4 is 11.8 Å². The Bertz CT molecular complexity index is 1270. The molecule has 186 valence electrons. The molecular weight excluding hydrogens is 455 g/mol. The number of amides is 2. The van der Waals surface area contributed by atoms with Crippen molar-refractivity contribution in [2.24, 2.45) is 5.92 Å². The van der Waals surface area contributed by atoms with E-state index in [2.05, 4.69) is 36.5 Å². The fraction of sp³-hybridized carbons (Fsp3) is 0.333. The summed E-state index contributed by atoms with van der Waals surface area (Å²) in [6.07, 6.45) is 1.99. The van der Waals surface area contributed by atoms with Crippen molar-refractivity contribution in [1.29, 1.82) is 0 Å². The summed E-state index contributed by atoms with van der Waals surface area (Å²) in [6, 6.07) is 20.2. The fourth-order valence-electron chi connectivity index (χ4n) is 4.81. The second-order valence-corrected chi connectivity index (χ2v) is 9.84. The number of hydrogen-bond donors (Lipinski definition) is 1. The van der Waals surface area contributed by atoms with Crippen LogP contribution in [-0.4, -0.2) is 29.4 Å². The van der Waals surface area contributed by atoms with Gasteiger partial charge in [-0.05, 0) is 79.6 Å². The van der Waals surface area contributed by atoms with Gasteiger partial charge in [0.05, 0.1) is 6.04 Å². The molecule has 0 saturated heterocycles. The molecule has 0 aromatic heterocycles. The number of ether oxygens (including phenoxy) is 1. The molecule has 2 amide bonds. The van der Waals surface area contributed by atoms with Crippen LogP contribution in [0.5, 0.6) is 5.75 Å². The molecule has 3 aromatic carbocycles. The van der Waals surface area contributed by atoms with Gasteiger partial charge in [0.2, 0.25) is 5.91 Å². The molecule has 1 N–H and O–H groups in total. The number of rotatable bonds is 7. The molecule has 1 fully saturated rings. The number of carbonyl (C=O) groups excluding carboxylic acids is 2. The quantitative estimate of drug-likeness (QED) is 0.505. The highest BCUT2D eigenvalue weighted by Crippen LogP contribution is 2.41. The Balaban J connectivity index is 1.35. The van der Waals surface area contributed by atoms with Gasteiger partial charge in [-0.15, -0.1) is 0 Å². The summed E-state index contributed by atoms with van der Waals surface area (Å²) >= 11 is 0. The number of carbonyl (C=O) groups is 2. The third kappa shape index (κ3) is 5.27. The van der Waals surface area contributed by atoms with Crippen LogP contribution >= 0.6 is 0 Å². The normalized spacial score (nSPS) is 17.8. The second-order valence-electron chi connectivity index (χ2n) is 9.84. The molecule has 2 aliphatic rings. The third-order valence-corrected chi connectivity index (χ3v) is 6.99. The third-order valence-electron chi connectivity index (χ3n) is 6.99. The smallest absolute Gasteiger partial charge is 0.261 e. The summed E-state index contributed by atoms with van der Waals surface area (Å²) in [5, 5.41) is 2.81. The highest BCUT2D eigenvalue weighted by Gasteiger charge is 2.39. The summed E-state index contributed by atoms with van der Waals surface area (Å²) in [6.45, 7) is 4.67. The zero-order valence-electron chi connectivity index (χ0n) is 20.7. The van der Waals surface area contributed by atoms with Crippen LogP contribution in [0.1, 0.15) is 53.6 Å². The first-order valence-electron chi connectivity index (χ1n) is 12.6. The zero-order chi connectivity index (χ0) is 25.2. The topological polar surface area (TPSA) is 58.6 Å². The average Bonchev–Trinajstić information content (AvgIpc) is 3.72. The van der Waals surface area contributed by atoms with Gasteiger partial charge in [-0.2, -0.15) is 0 Å². The molecule has 5 rings (SSSR count). The molecular formula is C30H31FN2O3. The first-order chi connectivity index (χ1) is 17.4. The molecule has 2 atom stereocenters. The van der Waals surface area contributed by atoms with E-state index in [1.54, 1.807) is 19.1 Å². The molecule has 0 unspecified atom stereocenters. The molecule has 0 radical (unpaired) electrons. The summed E-state index contributed by atoms with van der Waals surface area (Å²) in [4.78, 5) is 27.9. The van der Waals surface area contributed by atoms with Crippen molar-refractivity contribution in [2.45, 2.75) is 51.8 Å². The van der Waals surface area contributed by atoms with Gasteiger partial charge in [0.15, 0.2) is 6.10 Å². The summed E-state index contributed by atoms with van der Waals surface area (Å²) in [7, 11) is 0. The van der Waals surface area contributed by atoms with Gasteiger partial charge in [0, 0.05) is 19.0 Å². The highest BCUT2D eigenvalue weighted by molar-refractivity contribution is 5.82. The number of nitrogens with one attached hydrogen (secondary N) is 1. The van der Waals surface area contributed by atoms with Gasteiger partial charge in [0.25, 0.3) is 5.91 Å². The number of benzene rings is 3. The van der Waals surface area contributed by atoms with E-state index in [1.807, 2.05) is 23.1 Å². The van der Waals surface area contributed by atoms with Gasteiger partial charge in [0.1, 0.15) is 11.6 Å². The monoisotopic (exact) mass is 486 g/mol. The molecule has 1 saturated carbocycles. The standard InChI is InChI=1S/C30H31FN2O3/c1-19-6-8-23(9-7-19)28-27-17-26(13-12-22(27)14-15-33(28)30(35)24-10-11-24)36-20(2)29(34)32-18-21-4-3-5-25(31)16-21/h3-9,12-13,16-17,20,24,28H,10-11,14-15,18H2,1-2H3,(H,32,34)/t20-,28+/m0/s1. The van der Waals surface area contributed by atoms with Crippen molar-refractivity contribution in [3.8, 4) is 5.75 Å². The predicted molar refractivity (Wildman–Crippen MR) is 136 cm³/mol. The van der Waals surface area contributed by atoms with Crippen molar-refractivity contribution in [2.75, 3.05) is 6.54 Å². The van der Waals surface area contributed by atoms with E-state index < -0.39 is 6.10 Å². The lowest BCUT2D eigenvalue weighted by Crippen LogP contribution is -2.41. The summed E-state index contributed by atoms with van der Waals surface area (Å²) in [5.41, 5.74) is 5.17. The Hall–Kier alpha value is -3.67. The average molecular weight is 487 g/mol. The van der Waals surface area contributed by atoms with E-state index in [1.165, 1.54) is 23.3 Å². The lowest BCUT2D eigenvalue weighted by Gasteiger charge is -2.38. The lowest BCUT2D eigenvalue weighted by molar-refractivity contribution is -0.134. The Labute approximate surface area is 211 Å². The number of fused-ring (bicyclic) bond motifs is 1. The van der Waals surface area contributed by atoms with Crippen LogP contribution < -0.4 is 10.1 Å². The van der Waals surface area contributed by atoms with Crippen molar-refractivity contribution < 1.29 is 18.7 Å². The largest absolute Gasteiger partial charge is 0.481 e. The number of aryl methyl sites for hydroxylation is 1. The van der Waals surface area contributed by atoms with Crippen LogP contribution in [0.2, 0.25) is 0 Å². The lowest BCUT2D eigenvalue weighted by atomic mass is 9.87. The van der Waals surface area contributed by atoms with Crippen LogP contribution in [0.25, 0.3) is 0 Å². The van der Waals surface area contributed by atoms with Gasteiger partial charge < -0.3 is 15.0 Å². The predicted octanol–water partition coefficient (Wildman–Crippen LogP) is 5.10. The molecule has 36 heavy (non-hydrogen) atoms. The number of halogens is 1. The van der Waals surface area contributed by atoms with E-state index >= 15 is 0 Å². The first-order valence-corrected chi connectivity index (χ1v) is 12.6. The van der Waals surface area contributed by atoms with Gasteiger partial charge in [-0.25, -0.2) is 4.39 Å².